The first-order chi connectivity index (χ1) is 8.16. The summed E-state index contributed by atoms with van der Waals surface area (Å²) < 4.78 is 5.97. The molecule has 1 amide bonds. The molecule has 1 aromatic rings. The average molecular weight is 375 g/mol. The summed E-state index contributed by atoms with van der Waals surface area (Å²) in [7, 11) is 0. The number of hydrogen-bond acceptors (Lipinski definition) is 4. The van der Waals surface area contributed by atoms with Gasteiger partial charge in [-0.25, -0.2) is 0 Å². The van der Waals surface area contributed by atoms with Crippen molar-refractivity contribution in [1.82, 2.24) is 10.3 Å². The Bertz CT molecular complexity index is 477. The van der Waals surface area contributed by atoms with Crippen molar-refractivity contribution in [2.45, 2.75) is 6.10 Å². The monoisotopic (exact) mass is 373 g/mol. The lowest BCUT2D eigenvalue weighted by molar-refractivity contribution is -0.128. The Morgan fingerprint density at radius 1 is 1.47 bits per heavy atom. The molecule has 6 nitrogen and oxygen atoms in total. The number of aromatic amines is 1. The van der Waals surface area contributed by atoms with Crippen LogP contribution in [0.2, 0.25) is 0 Å². The highest BCUT2D eigenvalue weighted by Gasteiger charge is 2.22. The van der Waals surface area contributed by atoms with Gasteiger partial charge in [-0.05, 0) is 22.0 Å². The predicted molar refractivity (Wildman–Crippen MR) is 80.5 cm³/mol. The number of carbonyl (C=O) groups excluding carboxylic acids is 1. The van der Waals surface area contributed by atoms with E-state index in [0.717, 1.165) is 6.54 Å². The lowest BCUT2D eigenvalue weighted by Crippen LogP contribution is -2.45. The molecule has 3 N–H and O–H groups in total. The smallest absolute Gasteiger partial charge is 0.271 e. The standard InChI is InChI=1S/C10H12BrN3O3.2ClH/c11-6-3-7(9(15)13-4-6)14-10(16)8-5-12-1-2-17-8;;/h3-4,8,12H,1-2,5H2,(H,13,15)(H,14,16);2*1H/t8-;;/m1../s1. The lowest BCUT2D eigenvalue weighted by atomic mass is 10.3. The van der Waals surface area contributed by atoms with Gasteiger partial charge in [-0.2, -0.15) is 0 Å². The Morgan fingerprint density at radius 2 is 2.21 bits per heavy atom. The highest BCUT2D eigenvalue weighted by molar-refractivity contribution is 9.10. The molecule has 1 aliphatic rings. The molecule has 19 heavy (non-hydrogen) atoms. The number of aromatic nitrogens is 1. The van der Waals surface area contributed by atoms with E-state index in [-0.39, 0.29) is 42.0 Å². The third-order valence-corrected chi connectivity index (χ3v) is 2.80. The van der Waals surface area contributed by atoms with E-state index in [1.165, 1.54) is 6.20 Å². The van der Waals surface area contributed by atoms with Gasteiger partial charge in [0.15, 0.2) is 0 Å². The molecule has 0 aromatic carbocycles. The van der Waals surface area contributed by atoms with Crippen molar-refractivity contribution >= 4 is 52.3 Å². The van der Waals surface area contributed by atoms with Crippen LogP contribution in [0, 0.1) is 0 Å². The summed E-state index contributed by atoms with van der Waals surface area (Å²) in [6.07, 6.45) is 0.957. The Labute approximate surface area is 130 Å². The van der Waals surface area contributed by atoms with Crippen LogP contribution in [0.15, 0.2) is 21.5 Å². The number of anilines is 1. The number of carbonyl (C=O) groups is 1. The van der Waals surface area contributed by atoms with Gasteiger partial charge in [-0.1, -0.05) is 0 Å². The number of pyridine rings is 1. The Morgan fingerprint density at radius 3 is 2.84 bits per heavy atom. The second-order valence-electron chi connectivity index (χ2n) is 3.61. The average Bonchev–Trinajstić information content (AvgIpc) is 2.35. The van der Waals surface area contributed by atoms with Gasteiger partial charge in [-0.15, -0.1) is 24.8 Å². The van der Waals surface area contributed by atoms with Gasteiger partial charge >= 0.3 is 0 Å². The van der Waals surface area contributed by atoms with Crippen LogP contribution >= 0.6 is 40.7 Å². The van der Waals surface area contributed by atoms with Crippen LogP contribution < -0.4 is 16.2 Å². The van der Waals surface area contributed by atoms with Gasteiger partial charge in [-0.3, -0.25) is 9.59 Å². The summed E-state index contributed by atoms with van der Waals surface area (Å²) in [5.74, 6) is -0.319. The first-order valence-corrected chi connectivity index (χ1v) is 5.97. The summed E-state index contributed by atoms with van der Waals surface area (Å²) in [5.41, 5.74) is -0.135. The zero-order valence-corrected chi connectivity index (χ0v) is 13.0. The van der Waals surface area contributed by atoms with Crippen molar-refractivity contribution in [3.63, 3.8) is 0 Å². The van der Waals surface area contributed by atoms with Crippen LogP contribution in [0.3, 0.4) is 0 Å². The van der Waals surface area contributed by atoms with Crippen molar-refractivity contribution in [3.05, 3.63) is 27.1 Å². The largest absolute Gasteiger partial charge is 0.366 e. The Balaban J connectivity index is 0.00000162. The van der Waals surface area contributed by atoms with Crippen LogP contribution in [0.25, 0.3) is 0 Å². The second-order valence-corrected chi connectivity index (χ2v) is 4.53. The zero-order chi connectivity index (χ0) is 12.3. The molecule has 1 aromatic heterocycles. The van der Waals surface area contributed by atoms with Crippen LogP contribution in [-0.4, -0.2) is 36.7 Å². The molecule has 2 heterocycles. The number of amides is 1. The summed E-state index contributed by atoms with van der Waals surface area (Å²) in [4.78, 5) is 25.7. The topological polar surface area (TPSA) is 83.2 Å². The number of rotatable bonds is 2. The van der Waals surface area contributed by atoms with Gasteiger partial charge in [0.2, 0.25) is 0 Å². The van der Waals surface area contributed by atoms with E-state index >= 15 is 0 Å². The van der Waals surface area contributed by atoms with Crippen molar-refractivity contribution in [3.8, 4) is 0 Å². The number of hydrogen-bond donors (Lipinski definition) is 3. The van der Waals surface area contributed by atoms with Gasteiger partial charge in [0.05, 0.1) is 6.61 Å². The molecule has 2 rings (SSSR count). The molecule has 0 aliphatic carbocycles. The molecule has 108 valence electrons. The predicted octanol–water partition coefficient (Wildman–Crippen LogP) is 0.908. The summed E-state index contributed by atoms with van der Waals surface area (Å²) in [5, 5.41) is 5.59. The quantitative estimate of drug-likeness (QED) is 0.718. The van der Waals surface area contributed by atoms with Gasteiger partial charge in [0.25, 0.3) is 11.5 Å². The highest BCUT2D eigenvalue weighted by atomic mass is 79.9. The maximum atomic E-state index is 11.8. The fourth-order valence-corrected chi connectivity index (χ4v) is 1.84. The van der Waals surface area contributed by atoms with Gasteiger partial charge in [0, 0.05) is 23.8 Å². The van der Waals surface area contributed by atoms with Crippen molar-refractivity contribution in [2.24, 2.45) is 0 Å². The molecule has 0 radical (unpaired) electrons. The number of halogens is 3. The minimum absolute atomic E-state index is 0. The van der Waals surface area contributed by atoms with Crippen LogP contribution in [0.1, 0.15) is 0 Å². The Hall–Kier alpha value is -0.600. The van der Waals surface area contributed by atoms with Crippen molar-refractivity contribution < 1.29 is 9.53 Å². The molecular formula is C10H14BrCl2N3O3. The first-order valence-electron chi connectivity index (χ1n) is 5.18. The number of ether oxygens (including phenoxy) is 1. The molecule has 0 bridgehead atoms. The van der Waals surface area contributed by atoms with Gasteiger partial charge in [0.1, 0.15) is 11.8 Å². The first kappa shape index (κ1) is 18.4. The minimum atomic E-state index is -0.554. The summed E-state index contributed by atoms with van der Waals surface area (Å²) in [6, 6.07) is 1.55. The van der Waals surface area contributed by atoms with E-state index in [1.807, 2.05) is 0 Å². The SMILES string of the molecule is Cl.Cl.O=C(Nc1cc(Br)c[nH]c1=O)[C@H]1CNCCO1. The van der Waals surface area contributed by atoms with E-state index in [4.69, 9.17) is 4.74 Å². The third-order valence-electron chi connectivity index (χ3n) is 2.35. The molecule has 0 unspecified atom stereocenters. The van der Waals surface area contributed by atoms with Crippen molar-refractivity contribution in [1.29, 1.82) is 0 Å². The molecule has 1 saturated heterocycles. The maximum Gasteiger partial charge on any atom is 0.271 e. The van der Waals surface area contributed by atoms with Crippen LogP contribution in [0.5, 0.6) is 0 Å². The molecule has 0 saturated carbocycles. The summed E-state index contributed by atoms with van der Waals surface area (Å²) in [6.45, 7) is 1.69. The van der Waals surface area contributed by atoms with Crippen LogP contribution in [0.4, 0.5) is 5.69 Å². The Kier molecular flexibility index (Phi) is 8.28. The second kappa shape index (κ2) is 8.55. The highest BCUT2D eigenvalue weighted by Crippen LogP contribution is 2.10. The van der Waals surface area contributed by atoms with E-state index in [0.29, 0.717) is 17.6 Å². The fraction of sp³-hybridized carbons (Fsp3) is 0.400. The van der Waals surface area contributed by atoms with Crippen LogP contribution in [-0.2, 0) is 9.53 Å². The maximum absolute atomic E-state index is 11.8. The normalized spacial score (nSPS) is 17.8. The lowest BCUT2D eigenvalue weighted by Gasteiger charge is -2.22. The molecule has 0 spiro atoms. The fourth-order valence-electron chi connectivity index (χ4n) is 1.50. The van der Waals surface area contributed by atoms with E-state index in [1.54, 1.807) is 6.07 Å². The molecule has 1 aliphatic heterocycles. The molecule has 1 atom stereocenters. The summed E-state index contributed by atoms with van der Waals surface area (Å²) >= 11 is 3.22. The number of morpholine rings is 1. The van der Waals surface area contributed by atoms with E-state index in [2.05, 4.69) is 31.5 Å². The molecular weight excluding hydrogens is 361 g/mol. The minimum Gasteiger partial charge on any atom is -0.366 e. The van der Waals surface area contributed by atoms with E-state index < -0.39 is 6.10 Å². The van der Waals surface area contributed by atoms with Gasteiger partial charge < -0.3 is 20.4 Å². The molecule has 9 heteroatoms. The zero-order valence-electron chi connectivity index (χ0n) is 9.77. The number of H-pyrrole nitrogens is 1. The van der Waals surface area contributed by atoms with E-state index in [9.17, 15) is 9.59 Å². The van der Waals surface area contributed by atoms with Crippen molar-refractivity contribution in [2.75, 3.05) is 25.0 Å². The molecule has 1 fully saturated rings. The number of nitrogens with one attached hydrogen (secondary N) is 3. The third kappa shape index (κ3) is 5.12.